The first-order valence-electron chi connectivity index (χ1n) is 9.06. The second-order valence-electron chi connectivity index (χ2n) is 6.31. The summed E-state index contributed by atoms with van der Waals surface area (Å²) in [6, 6.07) is 16.6. The average Bonchev–Trinajstić information content (AvgIpc) is 2.99. The van der Waals surface area contributed by atoms with Gasteiger partial charge in [0.05, 0.1) is 13.7 Å². The Morgan fingerprint density at radius 1 is 1.12 bits per heavy atom. The molecule has 3 aromatic rings. The lowest BCUT2D eigenvalue weighted by Gasteiger charge is -2.06. The maximum Gasteiger partial charge on any atom is 0.305 e. The monoisotopic (exact) mass is 351 g/mol. The molecule has 4 nitrogen and oxygen atoms in total. The molecule has 1 heterocycles. The van der Waals surface area contributed by atoms with Crippen molar-refractivity contribution in [3.05, 3.63) is 65.9 Å². The minimum absolute atomic E-state index is 0.127. The van der Waals surface area contributed by atoms with E-state index in [1.165, 1.54) is 22.0 Å². The molecule has 0 bridgehead atoms. The third-order valence-electron chi connectivity index (χ3n) is 4.50. The summed E-state index contributed by atoms with van der Waals surface area (Å²) in [5, 5.41) is 1.18. The minimum Gasteiger partial charge on any atom is -0.497 e. The number of aromatic nitrogens is 1. The standard InChI is InChI=1S/C22H25NO3/c1-3-26-22(24)11-7-10-18-16-23(15-17-8-5-4-6-9-17)21-13-12-19(25-2)14-20(18)21/h4-6,8-9,12-14,16H,3,7,10-11,15H2,1-2H3. The molecular weight excluding hydrogens is 326 g/mol. The number of aryl methyl sites for hydroxylation is 1. The number of benzene rings is 2. The molecule has 0 unspecified atom stereocenters. The van der Waals surface area contributed by atoms with Gasteiger partial charge >= 0.3 is 5.97 Å². The highest BCUT2D eigenvalue weighted by Crippen LogP contribution is 2.28. The van der Waals surface area contributed by atoms with Crippen LogP contribution in [0.25, 0.3) is 10.9 Å². The quantitative estimate of drug-likeness (QED) is 0.558. The number of carbonyl (C=O) groups is 1. The maximum atomic E-state index is 11.6. The maximum absolute atomic E-state index is 11.6. The Morgan fingerprint density at radius 2 is 1.92 bits per heavy atom. The van der Waals surface area contributed by atoms with Gasteiger partial charge in [-0.25, -0.2) is 0 Å². The first-order chi connectivity index (χ1) is 12.7. The third kappa shape index (κ3) is 4.26. The number of methoxy groups -OCH3 is 1. The van der Waals surface area contributed by atoms with Crippen LogP contribution in [0, 0.1) is 0 Å². The van der Waals surface area contributed by atoms with Gasteiger partial charge in [-0.05, 0) is 49.1 Å². The summed E-state index contributed by atoms with van der Waals surface area (Å²) in [5.41, 5.74) is 3.68. The normalized spacial score (nSPS) is 10.8. The summed E-state index contributed by atoms with van der Waals surface area (Å²) in [5.74, 6) is 0.722. The van der Waals surface area contributed by atoms with Gasteiger partial charge in [-0.1, -0.05) is 30.3 Å². The molecule has 0 N–H and O–H groups in total. The average molecular weight is 351 g/mol. The van der Waals surface area contributed by atoms with Gasteiger partial charge in [0.25, 0.3) is 0 Å². The fraction of sp³-hybridized carbons (Fsp3) is 0.318. The van der Waals surface area contributed by atoms with Gasteiger partial charge in [0.15, 0.2) is 0 Å². The molecular formula is C22H25NO3. The molecule has 0 aliphatic rings. The molecule has 26 heavy (non-hydrogen) atoms. The first-order valence-corrected chi connectivity index (χ1v) is 9.06. The molecule has 0 fully saturated rings. The van der Waals surface area contributed by atoms with Crippen LogP contribution < -0.4 is 4.74 Å². The Bertz CT molecular complexity index is 868. The highest BCUT2D eigenvalue weighted by atomic mass is 16.5. The zero-order valence-electron chi connectivity index (χ0n) is 15.4. The van der Waals surface area contributed by atoms with E-state index in [0.717, 1.165) is 25.1 Å². The number of hydrogen-bond donors (Lipinski definition) is 0. The summed E-state index contributed by atoms with van der Waals surface area (Å²) < 4.78 is 12.7. The van der Waals surface area contributed by atoms with Crippen molar-refractivity contribution < 1.29 is 14.3 Å². The largest absolute Gasteiger partial charge is 0.497 e. The highest BCUT2D eigenvalue weighted by molar-refractivity contribution is 5.85. The molecule has 4 heteroatoms. The fourth-order valence-corrected chi connectivity index (χ4v) is 3.24. The van der Waals surface area contributed by atoms with E-state index in [4.69, 9.17) is 9.47 Å². The Hall–Kier alpha value is -2.75. The molecule has 0 aliphatic heterocycles. The van der Waals surface area contributed by atoms with Crippen LogP contribution in [0.15, 0.2) is 54.7 Å². The van der Waals surface area contributed by atoms with E-state index in [0.29, 0.717) is 13.0 Å². The van der Waals surface area contributed by atoms with Gasteiger partial charge in [-0.3, -0.25) is 4.79 Å². The number of fused-ring (bicyclic) bond motifs is 1. The van der Waals surface area contributed by atoms with E-state index in [2.05, 4.69) is 47.2 Å². The van der Waals surface area contributed by atoms with E-state index in [-0.39, 0.29) is 5.97 Å². The predicted octanol–water partition coefficient (Wildman–Crippen LogP) is 4.58. The zero-order chi connectivity index (χ0) is 18.4. The van der Waals surface area contributed by atoms with Crippen molar-refractivity contribution in [2.45, 2.75) is 32.7 Å². The lowest BCUT2D eigenvalue weighted by atomic mass is 10.1. The van der Waals surface area contributed by atoms with Crippen molar-refractivity contribution in [3.63, 3.8) is 0 Å². The van der Waals surface area contributed by atoms with E-state index < -0.39 is 0 Å². The highest BCUT2D eigenvalue weighted by Gasteiger charge is 2.11. The molecule has 0 aliphatic carbocycles. The SMILES string of the molecule is CCOC(=O)CCCc1cn(Cc2ccccc2)c2ccc(OC)cc12. The van der Waals surface area contributed by atoms with Crippen molar-refractivity contribution in [1.29, 1.82) is 0 Å². The van der Waals surface area contributed by atoms with Crippen molar-refractivity contribution in [2.24, 2.45) is 0 Å². The van der Waals surface area contributed by atoms with Gasteiger partial charge in [-0.2, -0.15) is 0 Å². The Morgan fingerprint density at radius 3 is 2.65 bits per heavy atom. The summed E-state index contributed by atoms with van der Waals surface area (Å²) in [6.45, 7) is 3.09. The predicted molar refractivity (Wildman–Crippen MR) is 104 cm³/mol. The molecule has 3 rings (SSSR count). The van der Waals surface area contributed by atoms with Crippen molar-refractivity contribution in [1.82, 2.24) is 4.57 Å². The molecule has 0 spiro atoms. The van der Waals surface area contributed by atoms with E-state index >= 15 is 0 Å². The van der Waals surface area contributed by atoms with Crippen molar-refractivity contribution in [3.8, 4) is 5.75 Å². The fourth-order valence-electron chi connectivity index (χ4n) is 3.24. The summed E-state index contributed by atoms with van der Waals surface area (Å²) in [4.78, 5) is 11.6. The Kier molecular flexibility index (Phi) is 5.95. The first kappa shape index (κ1) is 18.1. The van der Waals surface area contributed by atoms with Crippen LogP contribution >= 0.6 is 0 Å². The second-order valence-corrected chi connectivity index (χ2v) is 6.31. The summed E-state index contributed by atoms with van der Waals surface area (Å²) in [7, 11) is 1.68. The molecule has 0 saturated heterocycles. The number of carbonyl (C=O) groups excluding carboxylic acids is 1. The van der Waals surface area contributed by atoms with Crippen LogP contribution in [0.3, 0.4) is 0 Å². The van der Waals surface area contributed by atoms with Crippen LogP contribution in [0.2, 0.25) is 0 Å². The molecule has 136 valence electrons. The molecule has 0 saturated carbocycles. The van der Waals surface area contributed by atoms with Gasteiger partial charge in [0, 0.05) is 30.1 Å². The number of hydrogen-bond acceptors (Lipinski definition) is 3. The summed E-state index contributed by atoms with van der Waals surface area (Å²) in [6.07, 6.45) is 4.26. The molecule has 0 amide bonds. The van der Waals surface area contributed by atoms with Gasteiger partial charge in [0.2, 0.25) is 0 Å². The smallest absolute Gasteiger partial charge is 0.305 e. The third-order valence-corrected chi connectivity index (χ3v) is 4.50. The number of ether oxygens (including phenoxy) is 2. The number of esters is 1. The van der Waals surface area contributed by atoms with E-state index in [1.54, 1.807) is 7.11 Å². The lowest BCUT2D eigenvalue weighted by molar-refractivity contribution is -0.143. The molecule has 1 aromatic heterocycles. The van der Waals surface area contributed by atoms with Crippen LogP contribution in [-0.4, -0.2) is 24.3 Å². The number of rotatable bonds is 8. The lowest BCUT2D eigenvalue weighted by Crippen LogP contribution is -2.04. The van der Waals surface area contributed by atoms with Crippen LogP contribution in [-0.2, 0) is 22.5 Å². The van der Waals surface area contributed by atoms with E-state index in [9.17, 15) is 4.79 Å². The topological polar surface area (TPSA) is 40.5 Å². The van der Waals surface area contributed by atoms with Gasteiger partial charge in [-0.15, -0.1) is 0 Å². The van der Waals surface area contributed by atoms with Crippen LogP contribution in [0.1, 0.15) is 30.9 Å². The van der Waals surface area contributed by atoms with E-state index in [1.807, 2.05) is 19.1 Å². The molecule has 0 atom stereocenters. The van der Waals surface area contributed by atoms with Crippen LogP contribution in [0.4, 0.5) is 0 Å². The van der Waals surface area contributed by atoms with Crippen molar-refractivity contribution >= 4 is 16.9 Å². The second kappa shape index (κ2) is 8.56. The zero-order valence-corrected chi connectivity index (χ0v) is 15.4. The van der Waals surface area contributed by atoms with Gasteiger partial charge < -0.3 is 14.0 Å². The minimum atomic E-state index is -0.127. The Labute approximate surface area is 154 Å². The Balaban J connectivity index is 1.85. The van der Waals surface area contributed by atoms with Crippen molar-refractivity contribution in [2.75, 3.05) is 13.7 Å². The van der Waals surface area contributed by atoms with Gasteiger partial charge in [0.1, 0.15) is 5.75 Å². The molecule has 2 aromatic carbocycles. The number of nitrogens with zero attached hydrogens (tertiary/aromatic N) is 1. The van der Waals surface area contributed by atoms with Crippen LogP contribution in [0.5, 0.6) is 5.75 Å². The summed E-state index contributed by atoms with van der Waals surface area (Å²) >= 11 is 0. The molecule has 0 radical (unpaired) electrons.